The number of Topliss-reactive ketones (excluding diaryl/α,β-unsaturated/α-hetero) is 1. The fraction of sp³-hybridized carbons (Fsp3) is 0.364. The third kappa shape index (κ3) is 2.97. The predicted octanol–water partition coefficient (Wildman–Crippen LogP) is 4.36. The summed E-state index contributed by atoms with van der Waals surface area (Å²) in [6.07, 6.45) is 6.22. The van der Waals surface area contributed by atoms with E-state index >= 15 is 0 Å². The summed E-state index contributed by atoms with van der Waals surface area (Å²) in [5.41, 5.74) is 2.14. The molecule has 1 saturated carbocycles. The van der Waals surface area contributed by atoms with Crippen LogP contribution in [0.25, 0.3) is 0 Å². The number of carbonyl (C=O) groups is 2. The predicted molar refractivity (Wildman–Crippen MR) is 100 cm³/mol. The van der Waals surface area contributed by atoms with Gasteiger partial charge in [-0.3, -0.25) is 9.59 Å². The molecule has 5 heteroatoms. The number of aliphatic hydroxyl groups excluding tert-OH is 1. The van der Waals surface area contributed by atoms with E-state index in [0.29, 0.717) is 0 Å². The number of nitrogens with zero attached hydrogens (tertiary/aromatic N) is 1. The summed E-state index contributed by atoms with van der Waals surface area (Å²) >= 11 is 0. The van der Waals surface area contributed by atoms with Gasteiger partial charge in [-0.1, -0.05) is 44.0 Å². The molecule has 0 radical (unpaired) electrons. The first-order chi connectivity index (χ1) is 13.1. The maximum absolute atomic E-state index is 13.0. The average Bonchev–Trinajstić information content (AvgIpc) is 3.44. The van der Waals surface area contributed by atoms with Gasteiger partial charge in [-0.05, 0) is 42.5 Å². The number of hydrogen-bond acceptors (Lipinski definition) is 4. The summed E-state index contributed by atoms with van der Waals surface area (Å²) in [6.45, 7) is 2.08. The Morgan fingerprint density at radius 2 is 1.89 bits per heavy atom. The van der Waals surface area contributed by atoms with E-state index < -0.39 is 23.5 Å². The van der Waals surface area contributed by atoms with Gasteiger partial charge in [0.15, 0.2) is 11.5 Å². The van der Waals surface area contributed by atoms with Gasteiger partial charge in [0.25, 0.3) is 5.91 Å². The van der Waals surface area contributed by atoms with Crippen LogP contribution in [0.15, 0.2) is 58.4 Å². The Morgan fingerprint density at radius 3 is 2.48 bits per heavy atom. The third-order valence-corrected chi connectivity index (χ3v) is 5.66. The quantitative estimate of drug-likeness (QED) is 0.799. The van der Waals surface area contributed by atoms with E-state index in [9.17, 15) is 14.7 Å². The first kappa shape index (κ1) is 17.6. The highest BCUT2D eigenvalue weighted by Crippen LogP contribution is 2.43. The molecule has 1 unspecified atom stereocenters. The van der Waals surface area contributed by atoms with Gasteiger partial charge in [-0.25, -0.2) is 0 Å². The Hall–Kier alpha value is -2.82. The summed E-state index contributed by atoms with van der Waals surface area (Å²) in [5, 5.41) is 10.6. The van der Waals surface area contributed by atoms with Gasteiger partial charge in [-0.2, -0.15) is 0 Å². The number of benzene rings is 1. The number of hydrogen-bond donors (Lipinski definition) is 1. The number of rotatable bonds is 5. The molecule has 4 rings (SSSR count). The number of aryl methyl sites for hydroxylation is 1. The first-order valence-electron chi connectivity index (χ1n) is 9.54. The topological polar surface area (TPSA) is 70.7 Å². The van der Waals surface area contributed by atoms with E-state index in [2.05, 4.69) is 6.92 Å². The minimum atomic E-state index is -0.580. The van der Waals surface area contributed by atoms with Gasteiger partial charge in [0, 0.05) is 6.04 Å². The number of amides is 1. The molecule has 5 nitrogen and oxygen atoms in total. The normalized spacial score (nSPS) is 20.7. The molecule has 1 N–H and O–H groups in total. The lowest BCUT2D eigenvalue weighted by Gasteiger charge is -2.32. The molecule has 1 atom stereocenters. The van der Waals surface area contributed by atoms with E-state index in [-0.39, 0.29) is 17.4 Å². The summed E-state index contributed by atoms with van der Waals surface area (Å²) in [5.74, 6) is -1.21. The minimum absolute atomic E-state index is 0.0393. The molecule has 2 aromatic rings. The molecule has 140 valence electrons. The van der Waals surface area contributed by atoms with Crippen molar-refractivity contribution >= 4 is 11.7 Å². The van der Waals surface area contributed by atoms with E-state index in [1.807, 2.05) is 24.3 Å². The van der Waals surface area contributed by atoms with Crippen LogP contribution in [-0.4, -0.2) is 27.7 Å². The van der Waals surface area contributed by atoms with Crippen molar-refractivity contribution in [2.75, 3.05) is 0 Å². The van der Waals surface area contributed by atoms with Crippen molar-refractivity contribution in [2.45, 2.75) is 51.1 Å². The lowest BCUT2D eigenvalue weighted by molar-refractivity contribution is -0.131. The molecular formula is C22H23NO4. The van der Waals surface area contributed by atoms with Crippen LogP contribution < -0.4 is 0 Å². The van der Waals surface area contributed by atoms with Crippen molar-refractivity contribution in [1.29, 1.82) is 0 Å². The molecule has 1 aliphatic carbocycles. The van der Waals surface area contributed by atoms with Crippen molar-refractivity contribution in [3.8, 4) is 0 Å². The second kappa shape index (κ2) is 7.06. The number of aliphatic hydroxyl groups is 1. The summed E-state index contributed by atoms with van der Waals surface area (Å²) in [7, 11) is 0. The van der Waals surface area contributed by atoms with Gasteiger partial charge >= 0.3 is 0 Å². The number of ketones is 1. The smallest absolute Gasteiger partial charge is 0.290 e. The van der Waals surface area contributed by atoms with Crippen LogP contribution in [0.2, 0.25) is 0 Å². The molecule has 27 heavy (non-hydrogen) atoms. The summed E-state index contributed by atoms with van der Waals surface area (Å²) in [6, 6.07) is 10.6. The Labute approximate surface area is 158 Å². The zero-order valence-corrected chi connectivity index (χ0v) is 15.4. The molecule has 0 spiro atoms. The molecule has 0 saturated heterocycles. The Morgan fingerprint density at radius 1 is 1.19 bits per heavy atom. The molecule has 2 heterocycles. The fourth-order valence-electron chi connectivity index (χ4n) is 4.22. The molecular weight excluding hydrogens is 342 g/mol. The molecule has 0 bridgehead atoms. The molecule has 2 aliphatic rings. The number of carbonyl (C=O) groups excluding carboxylic acids is 2. The zero-order valence-electron chi connectivity index (χ0n) is 15.4. The standard InChI is InChI=1S/C22H23NO4/c1-2-14-9-11-15(12-10-14)19-18(20(24)17-8-5-13-27-17)21(25)22(26)23(19)16-6-3-4-7-16/h5,8-13,16,19,25H,2-4,6-7H2,1H3. The highest BCUT2D eigenvalue weighted by Gasteiger charge is 2.47. The Kier molecular flexibility index (Phi) is 4.60. The molecule has 1 aromatic carbocycles. The summed E-state index contributed by atoms with van der Waals surface area (Å²) in [4.78, 5) is 27.7. The van der Waals surface area contributed by atoms with Gasteiger partial charge in [0.1, 0.15) is 0 Å². The van der Waals surface area contributed by atoms with E-state index in [1.165, 1.54) is 11.8 Å². The Bertz CT molecular complexity index is 874. The van der Waals surface area contributed by atoms with Crippen LogP contribution in [0.3, 0.4) is 0 Å². The molecule has 1 amide bonds. The van der Waals surface area contributed by atoms with Crippen LogP contribution in [-0.2, 0) is 11.2 Å². The second-order valence-electron chi connectivity index (χ2n) is 7.22. The maximum atomic E-state index is 13.0. The highest BCUT2D eigenvalue weighted by atomic mass is 16.3. The molecule has 1 aliphatic heterocycles. The van der Waals surface area contributed by atoms with Crippen LogP contribution in [0.4, 0.5) is 0 Å². The summed E-state index contributed by atoms with van der Waals surface area (Å²) < 4.78 is 5.25. The van der Waals surface area contributed by atoms with Crippen LogP contribution in [0.5, 0.6) is 0 Å². The molecule has 1 aromatic heterocycles. The lowest BCUT2D eigenvalue weighted by atomic mass is 9.93. The highest BCUT2D eigenvalue weighted by molar-refractivity contribution is 6.15. The average molecular weight is 365 g/mol. The van der Waals surface area contributed by atoms with Crippen molar-refractivity contribution < 1.29 is 19.1 Å². The van der Waals surface area contributed by atoms with Gasteiger partial charge < -0.3 is 14.4 Å². The van der Waals surface area contributed by atoms with Gasteiger partial charge in [0.05, 0.1) is 17.9 Å². The molecule has 1 fully saturated rings. The number of furan rings is 1. The van der Waals surface area contributed by atoms with E-state index in [4.69, 9.17) is 4.42 Å². The zero-order chi connectivity index (χ0) is 19.0. The van der Waals surface area contributed by atoms with Gasteiger partial charge in [0.2, 0.25) is 5.78 Å². The van der Waals surface area contributed by atoms with Crippen LogP contribution in [0.1, 0.15) is 60.3 Å². The second-order valence-corrected chi connectivity index (χ2v) is 7.22. The minimum Gasteiger partial charge on any atom is -0.503 e. The fourth-order valence-corrected chi connectivity index (χ4v) is 4.22. The van der Waals surface area contributed by atoms with Crippen molar-refractivity contribution in [2.24, 2.45) is 0 Å². The van der Waals surface area contributed by atoms with E-state index in [1.54, 1.807) is 17.0 Å². The van der Waals surface area contributed by atoms with Crippen LogP contribution in [0, 0.1) is 0 Å². The Balaban J connectivity index is 1.80. The van der Waals surface area contributed by atoms with Gasteiger partial charge in [-0.15, -0.1) is 0 Å². The SMILES string of the molecule is CCc1ccc(C2C(C(=O)c3ccco3)=C(O)C(=O)N2C2CCCC2)cc1. The maximum Gasteiger partial charge on any atom is 0.290 e. The monoisotopic (exact) mass is 365 g/mol. The van der Waals surface area contributed by atoms with Crippen molar-refractivity contribution in [1.82, 2.24) is 4.90 Å². The van der Waals surface area contributed by atoms with Crippen LogP contribution >= 0.6 is 0 Å². The largest absolute Gasteiger partial charge is 0.503 e. The third-order valence-electron chi connectivity index (χ3n) is 5.66. The van der Waals surface area contributed by atoms with Crippen molar-refractivity contribution in [3.05, 3.63) is 70.9 Å². The van der Waals surface area contributed by atoms with Crippen molar-refractivity contribution in [3.63, 3.8) is 0 Å². The first-order valence-corrected chi connectivity index (χ1v) is 9.54. The lowest BCUT2D eigenvalue weighted by Crippen LogP contribution is -2.38. The van der Waals surface area contributed by atoms with E-state index in [0.717, 1.165) is 37.7 Å².